The van der Waals surface area contributed by atoms with E-state index in [4.69, 9.17) is 10.5 Å². The Kier molecular flexibility index (Phi) is 5.10. The summed E-state index contributed by atoms with van der Waals surface area (Å²) in [7, 11) is 3.99. The summed E-state index contributed by atoms with van der Waals surface area (Å²) in [5.41, 5.74) is 7.69. The first-order valence-corrected chi connectivity index (χ1v) is 5.96. The lowest BCUT2D eigenvalue weighted by Crippen LogP contribution is -2.27. The van der Waals surface area contributed by atoms with E-state index in [1.165, 1.54) is 0 Å². The van der Waals surface area contributed by atoms with Gasteiger partial charge in [0.2, 0.25) is 0 Å². The highest BCUT2D eigenvalue weighted by atomic mass is 16.5. The molecule has 0 saturated heterocycles. The minimum atomic E-state index is 0.160. The van der Waals surface area contributed by atoms with Gasteiger partial charge in [0.15, 0.2) is 0 Å². The van der Waals surface area contributed by atoms with Crippen molar-refractivity contribution in [2.24, 2.45) is 0 Å². The second-order valence-corrected chi connectivity index (χ2v) is 4.45. The van der Waals surface area contributed by atoms with Crippen molar-refractivity contribution >= 4 is 11.4 Å². The first-order chi connectivity index (χ1) is 8.02. The monoisotopic (exact) mass is 237 g/mol. The fourth-order valence-electron chi connectivity index (χ4n) is 1.57. The quantitative estimate of drug-likeness (QED) is 0.740. The lowest BCUT2D eigenvalue weighted by atomic mass is 10.2. The van der Waals surface area contributed by atoms with Crippen molar-refractivity contribution < 1.29 is 4.74 Å². The van der Waals surface area contributed by atoms with E-state index in [1.54, 1.807) is 0 Å². The Morgan fingerprint density at radius 1 is 1.35 bits per heavy atom. The van der Waals surface area contributed by atoms with Crippen molar-refractivity contribution in [3.05, 3.63) is 18.2 Å². The second-order valence-electron chi connectivity index (χ2n) is 4.45. The standard InChI is InChI=1S/C13H23N3O/c1-10(2)17-13-8-11(14)7-12(9-13)16(4)6-5-15-3/h7-10,15H,5-6,14H2,1-4H3. The van der Waals surface area contributed by atoms with Crippen LogP contribution in [-0.2, 0) is 0 Å². The molecule has 96 valence electrons. The van der Waals surface area contributed by atoms with Gasteiger partial charge in [-0.3, -0.25) is 0 Å². The molecule has 4 heteroatoms. The molecule has 1 rings (SSSR count). The van der Waals surface area contributed by atoms with Gasteiger partial charge in [0.1, 0.15) is 5.75 Å². The van der Waals surface area contributed by atoms with E-state index in [2.05, 4.69) is 10.2 Å². The zero-order chi connectivity index (χ0) is 12.8. The zero-order valence-corrected chi connectivity index (χ0v) is 11.2. The minimum absolute atomic E-state index is 0.160. The maximum atomic E-state index is 5.88. The molecule has 0 atom stereocenters. The maximum absolute atomic E-state index is 5.88. The number of anilines is 2. The molecule has 0 saturated carbocycles. The molecule has 0 heterocycles. The third-order valence-electron chi connectivity index (χ3n) is 2.42. The summed E-state index contributed by atoms with van der Waals surface area (Å²) in [6, 6.07) is 5.84. The Balaban J connectivity index is 2.81. The molecule has 0 bridgehead atoms. The Morgan fingerprint density at radius 2 is 2.06 bits per heavy atom. The molecular formula is C13H23N3O. The number of ether oxygens (including phenoxy) is 1. The number of hydrogen-bond acceptors (Lipinski definition) is 4. The highest BCUT2D eigenvalue weighted by Gasteiger charge is 2.05. The van der Waals surface area contributed by atoms with Gasteiger partial charge in [-0.05, 0) is 27.0 Å². The molecular weight excluding hydrogens is 214 g/mol. The summed E-state index contributed by atoms with van der Waals surface area (Å²) >= 11 is 0. The number of nitrogens with zero attached hydrogens (tertiary/aromatic N) is 1. The van der Waals surface area contributed by atoms with Crippen LogP contribution < -0.4 is 20.7 Å². The van der Waals surface area contributed by atoms with Crippen LogP contribution in [0, 0.1) is 0 Å². The average molecular weight is 237 g/mol. The maximum Gasteiger partial charge on any atom is 0.123 e. The number of hydrogen-bond donors (Lipinski definition) is 2. The van der Waals surface area contributed by atoms with Gasteiger partial charge in [0.25, 0.3) is 0 Å². The van der Waals surface area contributed by atoms with Crippen molar-refractivity contribution in [3.8, 4) is 5.75 Å². The number of benzene rings is 1. The van der Waals surface area contributed by atoms with Gasteiger partial charge in [-0.25, -0.2) is 0 Å². The Hall–Kier alpha value is -1.42. The van der Waals surface area contributed by atoms with Crippen LogP contribution in [0.4, 0.5) is 11.4 Å². The fourth-order valence-corrected chi connectivity index (χ4v) is 1.57. The van der Waals surface area contributed by atoms with E-state index in [-0.39, 0.29) is 6.10 Å². The van der Waals surface area contributed by atoms with E-state index in [0.29, 0.717) is 0 Å². The number of nitrogen functional groups attached to an aromatic ring is 1. The van der Waals surface area contributed by atoms with Gasteiger partial charge in [-0.15, -0.1) is 0 Å². The topological polar surface area (TPSA) is 50.5 Å². The van der Waals surface area contributed by atoms with Crippen molar-refractivity contribution in [3.63, 3.8) is 0 Å². The van der Waals surface area contributed by atoms with Crippen molar-refractivity contribution in [1.82, 2.24) is 5.32 Å². The largest absolute Gasteiger partial charge is 0.491 e. The fraction of sp³-hybridized carbons (Fsp3) is 0.538. The van der Waals surface area contributed by atoms with Crippen LogP contribution in [0.2, 0.25) is 0 Å². The Morgan fingerprint density at radius 3 is 2.65 bits per heavy atom. The summed E-state index contributed by atoms with van der Waals surface area (Å²) in [6.45, 7) is 5.88. The Labute approximate surface area is 104 Å². The molecule has 0 aliphatic rings. The smallest absolute Gasteiger partial charge is 0.123 e. The second kappa shape index (κ2) is 6.35. The van der Waals surface area contributed by atoms with Gasteiger partial charge >= 0.3 is 0 Å². The normalized spacial score (nSPS) is 10.6. The predicted molar refractivity (Wildman–Crippen MR) is 73.8 cm³/mol. The van der Waals surface area contributed by atoms with Crippen LogP contribution in [0.3, 0.4) is 0 Å². The van der Waals surface area contributed by atoms with E-state index in [1.807, 2.05) is 46.1 Å². The molecule has 0 fully saturated rings. The molecule has 0 aromatic heterocycles. The number of nitrogens with two attached hydrogens (primary N) is 1. The molecule has 3 N–H and O–H groups in total. The van der Waals surface area contributed by atoms with Crippen LogP contribution in [0.15, 0.2) is 18.2 Å². The molecule has 1 aromatic carbocycles. The Bertz CT molecular complexity index is 353. The van der Waals surface area contributed by atoms with Crippen LogP contribution in [0.5, 0.6) is 5.75 Å². The molecule has 0 radical (unpaired) electrons. The summed E-state index contributed by atoms with van der Waals surface area (Å²) in [6.07, 6.45) is 0.160. The van der Waals surface area contributed by atoms with Gasteiger partial charge in [-0.1, -0.05) is 0 Å². The van der Waals surface area contributed by atoms with Crippen LogP contribution in [0.25, 0.3) is 0 Å². The molecule has 4 nitrogen and oxygen atoms in total. The number of likely N-dealkylation sites (N-methyl/N-ethyl adjacent to an activating group) is 2. The highest BCUT2D eigenvalue weighted by molar-refractivity contribution is 5.60. The first kappa shape index (κ1) is 13.6. The van der Waals surface area contributed by atoms with Crippen LogP contribution in [-0.4, -0.2) is 33.3 Å². The number of nitrogens with one attached hydrogen (secondary N) is 1. The molecule has 17 heavy (non-hydrogen) atoms. The van der Waals surface area contributed by atoms with Gasteiger partial charge < -0.3 is 20.7 Å². The number of rotatable bonds is 6. The van der Waals surface area contributed by atoms with Crippen molar-refractivity contribution in [2.75, 3.05) is 37.8 Å². The zero-order valence-electron chi connectivity index (χ0n) is 11.2. The molecule has 0 unspecified atom stereocenters. The van der Waals surface area contributed by atoms with Crippen LogP contribution >= 0.6 is 0 Å². The van der Waals surface area contributed by atoms with Gasteiger partial charge in [0.05, 0.1) is 6.10 Å². The van der Waals surface area contributed by atoms with E-state index in [9.17, 15) is 0 Å². The first-order valence-electron chi connectivity index (χ1n) is 5.96. The summed E-state index contributed by atoms with van der Waals surface area (Å²) < 4.78 is 5.67. The third kappa shape index (κ3) is 4.53. The summed E-state index contributed by atoms with van der Waals surface area (Å²) in [5, 5.41) is 3.13. The van der Waals surface area contributed by atoms with Crippen molar-refractivity contribution in [1.29, 1.82) is 0 Å². The SMILES string of the molecule is CNCCN(C)c1cc(N)cc(OC(C)C)c1. The third-order valence-corrected chi connectivity index (χ3v) is 2.42. The van der Waals surface area contributed by atoms with Gasteiger partial charge in [-0.2, -0.15) is 0 Å². The summed E-state index contributed by atoms with van der Waals surface area (Å²) in [4.78, 5) is 2.15. The van der Waals surface area contributed by atoms with Crippen LogP contribution in [0.1, 0.15) is 13.8 Å². The van der Waals surface area contributed by atoms with E-state index >= 15 is 0 Å². The minimum Gasteiger partial charge on any atom is -0.491 e. The lowest BCUT2D eigenvalue weighted by molar-refractivity contribution is 0.242. The van der Waals surface area contributed by atoms with E-state index in [0.717, 1.165) is 30.2 Å². The molecule has 0 aliphatic carbocycles. The molecule has 0 spiro atoms. The molecule has 1 aromatic rings. The molecule has 0 aliphatic heterocycles. The predicted octanol–water partition coefficient (Wildman–Crippen LogP) is 1.71. The average Bonchev–Trinajstić information content (AvgIpc) is 2.24. The summed E-state index contributed by atoms with van der Waals surface area (Å²) in [5.74, 6) is 0.825. The van der Waals surface area contributed by atoms with Gasteiger partial charge in [0, 0.05) is 43.6 Å². The van der Waals surface area contributed by atoms with E-state index < -0.39 is 0 Å². The highest BCUT2D eigenvalue weighted by Crippen LogP contribution is 2.25. The lowest BCUT2D eigenvalue weighted by Gasteiger charge is -2.21. The van der Waals surface area contributed by atoms with Crippen molar-refractivity contribution in [2.45, 2.75) is 20.0 Å². The molecule has 0 amide bonds.